The van der Waals surface area contributed by atoms with Gasteiger partial charge in [-0.25, -0.2) is 0 Å². The molecular formula is C12H17BrN2O2. The molecule has 1 heterocycles. The molecule has 0 amide bonds. The van der Waals surface area contributed by atoms with Crippen molar-refractivity contribution in [2.45, 2.75) is 6.10 Å². The number of halogens is 1. The van der Waals surface area contributed by atoms with Crippen LogP contribution in [0.2, 0.25) is 0 Å². The standard InChI is InChI=1S/C12H17BrN2O2/c13-10-7-9(12(16)8-14)1-2-11(10)15-3-5-17-6-4-15/h1-2,7,12,16H,3-6,8,14H2. The van der Waals surface area contributed by atoms with Gasteiger partial charge in [-0.1, -0.05) is 6.07 Å². The van der Waals surface area contributed by atoms with Gasteiger partial charge >= 0.3 is 0 Å². The number of aliphatic hydroxyl groups excluding tert-OH is 1. The predicted molar refractivity (Wildman–Crippen MR) is 71.2 cm³/mol. The summed E-state index contributed by atoms with van der Waals surface area (Å²) in [6.07, 6.45) is -0.593. The van der Waals surface area contributed by atoms with E-state index in [1.165, 1.54) is 0 Å². The molecule has 1 fully saturated rings. The fraction of sp³-hybridized carbons (Fsp3) is 0.500. The quantitative estimate of drug-likeness (QED) is 0.883. The highest BCUT2D eigenvalue weighted by Gasteiger charge is 2.15. The SMILES string of the molecule is NCC(O)c1ccc(N2CCOCC2)c(Br)c1. The molecule has 0 saturated carbocycles. The van der Waals surface area contributed by atoms with E-state index in [1.54, 1.807) is 0 Å². The van der Waals surface area contributed by atoms with E-state index in [4.69, 9.17) is 10.5 Å². The first-order valence-electron chi connectivity index (χ1n) is 5.72. The molecule has 2 rings (SSSR count). The normalized spacial score (nSPS) is 18.2. The highest BCUT2D eigenvalue weighted by atomic mass is 79.9. The van der Waals surface area contributed by atoms with Gasteiger partial charge in [-0.05, 0) is 33.6 Å². The first-order valence-corrected chi connectivity index (χ1v) is 6.52. The van der Waals surface area contributed by atoms with E-state index in [2.05, 4.69) is 20.8 Å². The zero-order valence-electron chi connectivity index (χ0n) is 9.60. The van der Waals surface area contributed by atoms with Crippen molar-refractivity contribution in [3.05, 3.63) is 28.2 Å². The van der Waals surface area contributed by atoms with Crippen molar-refractivity contribution in [1.82, 2.24) is 0 Å². The summed E-state index contributed by atoms with van der Waals surface area (Å²) in [7, 11) is 0. The summed E-state index contributed by atoms with van der Waals surface area (Å²) in [5.41, 5.74) is 7.43. The lowest BCUT2D eigenvalue weighted by atomic mass is 10.1. The molecule has 0 radical (unpaired) electrons. The molecule has 1 saturated heterocycles. The lowest BCUT2D eigenvalue weighted by molar-refractivity contribution is 0.122. The molecule has 1 atom stereocenters. The fourth-order valence-electron chi connectivity index (χ4n) is 1.93. The number of morpholine rings is 1. The van der Waals surface area contributed by atoms with Gasteiger partial charge in [-0.2, -0.15) is 0 Å². The average molecular weight is 301 g/mol. The van der Waals surface area contributed by atoms with Crippen molar-refractivity contribution in [2.24, 2.45) is 5.73 Å². The Morgan fingerprint density at radius 1 is 1.41 bits per heavy atom. The summed E-state index contributed by atoms with van der Waals surface area (Å²) in [6.45, 7) is 3.57. The van der Waals surface area contributed by atoms with Crippen LogP contribution in [0.1, 0.15) is 11.7 Å². The number of hydrogen-bond acceptors (Lipinski definition) is 4. The molecule has 0 bridgehead atoms. The molecule has 1 aliphatic rings. The van der Waals surface area contributed by atoms with Crippen LogP contribution in [0.5, 0.6) is 0 Å². The molecule has 94 valence electrons. The monoisotopic (exact) mass is 300 g/mol. The summed E-state index contributed by atoms with van der Waals surface area (Å²) in [6, 6.07) is 5.87. The Morgan fingerprint density at radius 2 is 2.12 bits per heavy atom. The van der Waals surface area contributed by atoms with Gasteiger partial charge in [0.15, 0.2) is 0 Å². The fourth-order valence-corrected chi connectivity index (χ4v) is 2.57. The number of ether oxygens (including phenoxy) is 1. The smallest absolute Gasteiger partial charge is 0.0912 e. The minimum Gasteiger partial charge on any atom is -0.387 e. The highest BCUT2D eigenvalue weighted by Crippen LogP contribution is 2.29. The Balaban J connectivity index is 2.18. The van der Waals surface area contributed by atoms with Crippen LogP contribution in [0.4, 0.5) is 5.69 Å². The molecule has 0 spiro atoms. The summed E-state index contributed by atoms with van der Waals surface area (Å²) in [4.78, 5) is 2.27. The van der Waals surface area contributed by atoms with Crippen molar-refractivity contribution in [2.75, 3.05) is 37.7 Å². The second-order valence-corrected chi connectivity index (χ2v) is 4.92. The van der Waals surface area contributed by atoms with Crippen LogP contribution in [-0.4, -0.2) is 38.0 Å². The molecule has 0 aliphatic carbocycles. The van der Waals surface area contributed by atoms with E-state index >= 15 is 0 Å². The van der Waals surface area contributed by atoms with Gasteiger partial charge in [0.1, 0.15) is 0 Å². The summed E-state index contributed by atoms with van der Waals surface area (Å²) in [5.74, 6) is 0. The van der Waals surface area contributed by atoms with Gasteiger partial charge < -0.3 is 20.5 Å². The third-order valence-electron chi connectivity index (χ3n) is 2.93. The number of aliphatic hydroxyl groups is 1. The largest absolute Gasteiger partial charge is 0.387 e. The third kappa shape index (κ3) is 2.98. The Kier molecular flexibility index (Phi) is 4.39. The molecule has 1 unspecified atom stereocenters. The zero-order valence-corrected chi connectivity index (χ0v) is 11.2. The van der Waals surface area contributed by atoms with Crippen LogP contribution < -0.4 is 10.6 Å². The van der Waals surface area contributed by atoms with E-state index in [-0.39, 0.29) is 6.54 Å². The molecular weight excluding hydrogens is 284 g/mol. The number of nitrogens with two attached hydrogens (primary N) is 1. The maximum atomic E-state index is 9.68. The van der Waals surface area contributed by atoms with E-state index < -0.39 is 6.10 Å². The van der Waals surface area contributed by atoms with Gasteiger partial charge in [-0.3, -0.25) is 0 Å². The van der Waals surface area contributed by atoms with Crippen LogP contribution in [-0.2, 0) is 4.74 Å². The minimum atomic E-state index is -0.593. The Hall–Kier alpha value is -0.620. The number of nitrogens with zero attached hydrogens (tertiary/aromatic N) is 1. The number of rotatable bonds is 3. The van der Waals surface area contributed by atoms with Crippen LogP contribution >= 0.6 is 15.9 Å². The second-order valence-electron chi connectivity index (χ2n) is 4.06. The molecule has 0 aromatic heterocycles. The van der Waals surface area contributed by atoms with Crippen LogP contribution in [0.3, 0.4) is 0 Å². The van der Waals surface area contributed by atoms with E-state index in [9.17, 15) is 5.11 Å². The van der Waals surface area contributed by atoms with Crippen LogP contribution in [0, 0.1) is 0 Å². The van der Waals surface area contributed by atoms with E-state index in [1.807, 2.05) is 18.2 Å². The van der Waals surface area contributed by atoms with Crippen molar-refractivity contribution in [1.29, 1.82) is 0 Å². The summed E-state index contributed by atoms with van der Waals surface area (Å²) < 4.78 is 6.32. The van der Waals surface area contributed by atoms with Crippen LogP contribution in [0.15, 0.2) is 22.7 Å². The molecule has 1 aromatic rings. The van der Waals surface area contributed by atoms with Gasteiger partial charge in [0.2, 0.25) is 0 Å². The van der Waals surface area contributed by atoms with Gasteiger partial charge in [0.25, 0.3) is 0 Å². The van der Waals surface area contributed by atoms with Gasteiger partial charge in [0, 0.05) is 24.1 Å². The van der Waals surface area contributed by atoms with Crippen molar-refractivity contribution in [3.63, 3.8) is 0 Å². The minimum absolute atomic E-state index is 0.239. The Morgan fingerprint density at radius 3 is 2.71 bits per heavy atom. The van der Waals surface area contributed by atoms with E-state index in [0.29, 0.717) is 0 Å². The molecule has 5 heteroatoms. The number of benzene rings is 1. The lowest BCUT2D eigenvalue weighted by Gasteiger charge is -2.30. The van der Waals surface area contributed by atoms with Gasteiger partial charge in [0.05, 0.1) is 25.0 Å². The molecule has 3 N–H and O–H groups in total. The number of anilines is 1. The van der Waals surface area contributed by atoms with Crippen LogP contribution in [0.25, 0.3) is 0 Å². The highest BCUT2D eigenvalue weighted by molar-refractivity contribution is 9.10. The first kappa shape index (κ1) is 12.8. The molecule has 1 aliphatic heterocycles. The third-order valence-corrected chi connectivity index (χ3v) is 3.57. The predicted octanol–water partition coefficient (Wildman–Crippen LogP) is 1.28. The van der Waals surface area contributed by atoms with Crippen molar-refractivity contribution >= 4 is 21.6 Å². The topological polar surface area (TPSA) is 58.7 Å². The first-order chi connectivity index (χ1) is 8.22. The summed E-state index contributed by atoms with van der Waals surface area (Å²) in [5, 5.41) is 9.68. The molecule has 17 heavy (non-hydrogen) atoms. The maximum Gasteiger partial charge on any atom is 0.0912 e. The molecule has 1 aromatic carbocycles. The van der Waals surface area contributed by atoms with Crippen molar-refractivity contribution in [3.8, 4) is 0 Å². The van der Waals surface area contributed by atoms with E-state index in [0.717, 1.165) is 42.0 Å². The lowest BCUT2D eigenvalue weighted by Crippen LogP contribution is -2.36. The summed E-state index contributed by atoms with van der Waals surface area (Å²) >= 11 is 3.55. The zero-order chi connectivity index (χ0) is 12.3. The average Bonchev–Trinajstić information content (AvgIpc) is 2.38. The molecule has 4 nitrogen and oxygen atoms in total. The van der Waals surface area contributed by atoms with Crippen molar-refractivity contribution < 1.29 is 9.84 Å². The Bertz CT molecular complexity index is 381. The maximum absolute atomic E-state index is 9.68. The van der Waals surface area contributed by atoms with Gasteiger partial charge in [-0.15, -0.1) is 0 Å². The number of hydrogen-bond donors (Lipinski definition) is 2. The second kappa shape index (κ2) is 5.82. The Labute approximate surface area is 109 Å².